The van der Waals surface area contributed by atoms with E-state index in [4.69, 9.17) is 0 Å². The molecule has 1 unspecified atom stereocenters. The summed E-state index contributed by atoms with van der Waals surface area (Å²) < 4.78 is 0. The van der Waals surface area contributed by atoms with E-state index < -0.39 is 0 Å². The van der Waals surface area contributed by atoms with Crippen LogP contribution in [0.4, 0.5) is 5.69 Å². The first-order valence-electron chi connectivity index (χ1n) is 8.22. The topological polar surface area (TPSA) is 15.3 Å². The smallest absolute Gasteiger partial charge is 0.0393 e. The highest BCUT2D eigenvalue weighted by Crippen LogP contribution is 2.28. The van der Waals surface area contributed by atoms with Gasteiger partial charge in [-0.15, -0.1) is 0 Å². The van der Waals surface area contributed by atoms with E-state index in [0.717, 1.165) is 19.0 Å². The zero-order valence-electron chi connectivity index (χ0n) is 13.4. The van der Waals surface area contributed by atoms with Crippen LogP contribution in [0.25, 0.3) is 0 Å². The zero-order valence-corrected chi connectivity index (χ0v) is 13.4. The van der Waals surface area contributed by atoms with Crippen molar-refractivity contribution >= 4 is 5.69 Å². The van der Waals surface area contributed by atoms with E-state index in [9.17, 15) is 0 Å². The highest BCUT2D eigenvalue weighted by Gasteiger charge is 2.24. The monoisotopic (exact) mass is 274 g/mol. The van der Waals surface area contributed by atoms with Crippen molar-refractivity contribution in [2.45, 2.75) is 52.0 Å². The van der Waals surface area contributed by atoms with Crippen molar-refractivity contribution < 1.29 is 0 Å². The molecule has 0 spiro atoms. The first-order chi connectivity index (χ1) is 9.72. The number of aryl methyl sites for hydroxylation is 1. The number of likely N-dealkylation sites (N-methyl/N-ethyl adjacent to an activating group) is 2. The standard InChI is InChI=1S/C18H30N2/c1-4-19-17(16-11-6-5-7-12-16)14-20(3)18-13-9-8-10-15(18)2/h8-10,13,16-17,19H,4-7,11-12,14H2,1-3H3. The molecule has 1 fully saturated rings. The van der Waals surface area contributed by atoms with E-state index in [-0.39, 0.29) is 0 Å². The molecule has 0 saturated heterocycles. The molecule has 1 aliphatic rings. The minimum Gasteiger partial charge on any atom is -0.373 e. The molecule has 2 heteroatoms. The van der Waals surface area contributed by atoms with Crippen molar-refractivity contribution in [1.82, 2.24) is 5.32 Å². The van der Waals surface area contributed by atoms with Gasteiger partial charge >= 0.3 is 0 Å². The van der Waals surface area contributed by atoms with Crippen molar-refractivity contribution in [1.29, 1.82) is 0 Å². The summed E-state index contributed by atoms with van der Waals surface area (Å²) in [6.07, 6.45) is 7.07. The fourth-order valence-electron chi connectivity index (χ4n) is 3.56. The van der Waals surface area contributed by atoms with Gasteiger partial charge in [-0.05, 0) is 43.9 Å². The summed E-state index contributed by atoms with van der Waals surface area (Å²) in [4.78, 5) is 2.43. The van der Waals surface area contributed by atoms with Gasteiger partial charge in [0.15, 0.2) is 0 Å². The molecule has 1 N–H and O–H groups in total. The summed E-state index contributed by atoms with van der Waals surface area (Å²) in [5, 5.41) is 3.73. The summed E-state index contributed by atoms with van der Waals surface area (Å²) >= 11 is 0. The van der Waals surface area contributed by atoms with E-state index in [1.807, 2.05) is 0 Å². The predicted octanol–water partition coefficient (Wildman–Crippen LogP) is 3.99. The van der Waals surface area contributed by atoms with Gasteiger partial charge in [0.25, 0.3) is 0 Å². The highest BCUT2D eigenvalue weighted by atomic mass is 15.1. The van der Waals surface area contributed by atoms with Gasteiger partial charge in [0.05, 0.1) is 0 Å². The summed E-state index contributed by atoms with van der Waals surface area (Å²) in [5.41, 5.74) is 2.74. The Morgan fingerprint density at radius 3 is 2.55 bits per heavy atom. The van der Waals surface area contributed by atoms with Crippen LogP contribution in [0.2, 0.25) is 0 Å². The first kappa shape index (κ1) is 15.4. The van der Waals surface area contributed by atoms with Crippen LogP contribution in [0, 0.1) is 12.8 Å². The van der Waals surface area contributed by atoms with E-state index in [1.54, 1.807) is 0 Å². The summed E-state index contributed by atoms with van der Waals surface area (Å²) in [7, 11) is 2.23. The zero-order chi connectivity index (χ0) is 14.4. The third-order valence-electron chi connectivity index (χ3n) is 4.68. The van der Waals surface area contributed by atoms with Gasteiger partial charge < -0.3 is 10.2 Å². The Balaban J connectivity index is 2.01. The minimum atomic E-state index is 0.630. The van der Waals surface area contributed by atoms with Crippen molar-refractivity contribution in [3.8, 4) is 0 Å². The third-order valence-corrected chi connectivity index (χ3v) is 4.68. The summed E-state index contributed by atoms with van der Waals surface area (Å²) in [6, 6.07) is 9.33. The molecule has 2 nitrogen and oxygen atoms in total. The minimum absolute atomic E-state index is 0.630. The molecule has 1 saturated carbocycles. The van der Waals surface area contributed by atoms with E-state index in [2.05, 4.69) is 55.4 Å². The van der Waals surface area contributed by atoms with Crippen LogP contribution in [0.5, 0.6) is 0 Å². The van der Waals surface area contributed by atoms with Gasteiger partial charge in [-0.2, -0.15) is 0 Å². The van der Waals surface area contributed by atoms with Crippen LogP contribution in [-0.2, 0) is 0 Å². The lowest BCUT2D eigenvalue weighted by Crippen LogP contribution is -2.45. The second-order valence-corrected chi connectivity index (χ2v) is 6.23. The fourth-order valence-corrected chi connectivity index (χ4v) is 3.56. The molecule has 1 atom stereocenters. The molecule has 1 aromatic rings. The van der Waals surface area contributed by atoms with Gasteiger partial charge in [0, 0.05) is 25.3 Å². The largest absolute Gasteiger partial charge is 0.373 e. The van der Waals surface area contributed by atoms with Crippen LogP contribution >= 0.6 is 0 Å². The van der Waals surface area contributed by atoms with Crippen molar-refractivity contribution in [3.63, 3.8) is 0 Å². The molecule has 2 rings (SSSR count). The maximum atomic E-state index is 3.73. The number of nitrogens with one attached hydrogen (secondary N) is 1. The molecule has 0 aliphatic heterocycles. The molecule has 0 bridgehead atoms. The molecular weight excluding hydrogens is 244 g/mol. The lowest BCUT2D eigenvalue weighted by Gasteiger charge is -2.34. The Bertz CT molecular complexity index is 396. The molecule has 112 valence electrons. The van der Waals surface area contributed by atoms with E-state index in [1.165, 1.54) is 43.4 Å². The van der Waals surface area contributed by atoms with Gasteiger partial charge in [-0.1, -0.05) is 44.4 Å². The normalized spacial score (nSPS) is 17.9. The summed E-state index contributed by atoms with van der Waals surface area (Å²) in [6.45, 7) is 6.62. The number of hydrogen-bond donors (Lipinski definition) is 1. The average Bonchev–Trinajstić information content (AvgIpc) is 2.48. The Morgan fingerprint density at radius 2 is 1.90 bits per heavy atom. The van der Waals surface area contributed by atoms with Crippen LogP contribution in [0.1, 0.15) is 44.6 Å². The van der Waals surface area contributed by atoms with Gasteiger partial charge in [0.2, 0.25) is 0 Å². The van der Waals surface area contributed by atoms with E-state index >= 15 is 0 Å². The number of nitrogens with zero attached hydrogens (tertiary/aromatic N) is 1. The maximum Gasteiger partial charge on any atom is 0.0393 e. The average molecular weight is 274 g/mol. The van der Waals surface area contributed by atoms with Crippen LogP contribution < -0.4 is 10.2 Å². The molecule has 1 aliphatic carbocycles. The lowest BCUT2D eigenvalue weighted by atomic mass is 9.83. The lowest BCUT2D eigenvalue weighted by molar-refractivity contribution is 0.273. The third kappa shape index (κ3) is 3.99. The summed E-state index contributed by atoms with van der Waals surface area (Å²) in [5.74, 6) is 0.857. The Hall–Kier alpha value is -1.02. The second kappa shape index (κ2) is 7.68. The van der Waals surface area contributed by atoms with Crippen LogP contribution in [0.3, 0.4) is 0 Å². The molecule has 0 heterocycles. The van der Waals surface area contributed by atoms with Gasteiger partial charge in [-0.25, -0.2) is 0 Å². The predicted molar refractivity (Wildman–Crippen MR) is 88.5 cm³/mol. The first-order valence-corrected chi connectivity index (χ1v) is 8.22. The molecule has 0 amide bonds. The number of rotatable bonds is 6. The van der Waals surface area contributed by atoms with E-state index in [0.29, 0.717) is 6.04 Å². The molecule has 20 heavy (non-hydrogen) atoms. The quantitative estimate of drug-likeness (QED) is 0.844. The Labute approximate surface area is 124 Å². The SMILES string of the molecule is CCNC(CN(C)c1ccccc1C)C1CCCCC1. The fraction of sp³-hybridized carbons (Fsp3) is 0.667. The number of hydrogen-bond acceptors (Lipinski definition) is 2. The van der Waals surface area contributed by atoms with Gasteiger partial charge in [0.1, 0.15) is 0 Å². The maximum absolute atomic E-state index is 3.73. The Kier molecular flexibility index (Phi) is 5.90. The van der Waals surface area contributed by atoms with Crippen LogP contribution in [0.15, 0.2) is 24.3 Å². The van der Waals surface area contributed by atoms with Crippen LogP contribution in [-0.4, -0.2) is 26.2 Å². The van der Waals surface area contributed by atoms with Crippen molar-refractivity contribution in [3.05, 3.63) is 29.8 Å². The van der Waals surface area contributed by atoms with Crippen molar-refractivity contribution in [2.24, 2.45) is 5.92 Å². The number of para-hydroxylation sites is 1. The molecule has 1 aromatic carbocycles. The molecule has 0 radical (unpaired) electrons. The molecular formula is C18H30N2. The number of anilines is 1. The van der Waals surface area contributed by atoms with Crippen molar-refractivity contribution in [2.75, 3.05) is 25.0 Å². The van der Waals surface area contributed by atoms with Gasteiger partial charge in [-0.3, -0.25) is 0 Å². The highest BCUT2D eigenvalue weighted by molar-refractivity contribution is 5.52. The Morgan fingerprint density at radius 1 is 1.20 bits per heavy atom. The number of benzene rings is 1. The second-order valence-electron chi connectivity index (χ2n) is 6.23. The molecule has 0 aromatic heterocycles.